The number of rotatable bonds is 5. The highest BCUT2D eigenvalue weighted by atomic mass is 32.2. The SMILES string of the molecule is CS(=O)(=O)Nc1cccc(C(=O)NCc2ccc3ccccc3c2)c1. The summed E-state index contributed by atoms with van der Waals surface area (Å²) < 4.78 is 24.9. The topological polar surface area (TPSA) is 75.3 Å². The third kappa shape index (κ3) is 4.58. The van der Waals surface area contributed by atoms with E-state index >= 15 is 0 Å². The maximum absolute atomic E-state index is 12.3. The summed E-state index contributed by atoms with van der Waals surface area (Å²) >= 11 is 0. The van der Waals surface area contributed by atoms with Crippen molar-refractivity contribution < 1.29 is 13.2 Å². The number of nitrogens with one attached hydrogen (secondary N) is 2. The number of benzene rings is 3. The lowest BCUT2D eigenvalue weighted by Gasteiger charge is -2.09. The molecular formula is C19H18N2O3S. The van der Waals surface area contributed by atoms with Crippen molar-refractivity contribution in [3.63, 3.8) is 0 Å². The van der Waals surface area contributed by atoms with Gasteiger partial charge in [0, 0.05) is 17.8 Å². The fourth-order valence-corrected chi connectivity index (χ4v) is 3.13. The van der Waals surface area contributed by atoms with Crippen molar-refractivity contribution in [3.8, 4) is 0 Å². The highest BCUT2D eigenvalue weighted by Crippen LogP contribution is 2.16. The van der Waals surface area contributed by atoms with Gasteiger partial charge in [0.2, 0.25) is 10.0 Å². The molecule has 2 N–H and O–H groups in total. The molecule has 0 saturated carbocycles. The molecule has 0 aliphatic rings. The van der Waals surface area contributed by atoms with Crippen LogP contribution in [-0.2, 0) is 16.6 Å². The van der Waals surface area contributed by atoms with Gasteiger partial charge in [-0.25, -0.2) is 8.42 Å². The van der Waals surface area contributed by atoms with Crippen molar-refractivity contribution in [2.75, 3.05) is 11.0 Å². The summed E-state index contributed by atoms with van der Waals surface area (Å²) in [6.45, 7) is 0.396. The number of amides is 1. The smallest absolute Gasteiger partial charge is 0.251 e. The second kappa shape index (κ2) is 6.94. The van der Waals surface area contributed by atoms with E-state index in [1.807, 2.05) is 42.5 Å². The number of anilines is 1. The van der Waals surface area contributed by atoms with Crippen LogP contribution in [0.4, 0.5) is 5.69 Å². The van der Waals surface area contributed by atoms with E-state index < -0.39 is 10.0 Å². The lowest BCUT2D eigenvalue weighted by Crippen LogP contribution is -2.23. The molecule has 0 radical (unpaired) electrons. The average molecular weight is 354 g/mol. The van der Waals surface area contributed by atoms with E-state index in [0.29, 0.717) is 17.8 Å². The van der Waals surface area contributed by atoms with Crippen molar-refractivity contribution in [1.29, 1.82) is 0 Å². The molecule has 0 aliphatic heterocycles. The third-order valence-corrected chi connectivity index (χ3v) is 4.30. The van der Waals surface area contributed by atoms with Crippen LogP contribution in [0.15, 0.2) is 66.7 Å². The van der Waals surface area contributed by atoms with Crippen LogP contribution in [0.2, 0.25) is 0 Å². The van der Waals surface area contributed by atoms with Gasteiger partial charge < -0.3 is 5.32 Å². The number of sulfonamides is 1. The van der Waals surface area contributed by atoms with Crippen LogP contribution in [0.3, 0.4) is 0 Å². The van der Waals surface area contributed by atoms with Crippen molar-refractivity contribution >= 4 is 32.4 Å². The van der Waals surface area contributed by atoms with Gasteiger partial charge in [-0.05, 0) is 40.6 Å². The minimum absolute atomic E-state index is 0.259. The monoisotopic (exact) mass is 354 g/mol. The molecule has 0 heterocycles. The van der Waals surface area contributed by atoms with Gasteiger partial charge in [0.05, 0.1) is 6.26 Å². The number of carbonyl (C=O) groups is 1. The molecule has 0 aliphatic carbocycles. The fraction of sp³-hybridized carbons (Fsp3) is 0.105. The Balaban J connectivity index is 1.70. The molecule has 0 unspecified atom stereocenters. The first-order chi connectivity index (χ1) is 11.9. The summed E-state index contributed by atoms with van der Waals surface area (Å²) in [6, 6.07) is 20.5. The van der Waals surface area contributed by atoms with Crippen LogP contribution in [0.25, 0.3) is 10.8 Å². The molecule has 25 heavy (non-hydrogen) atoms. The lowest BCUT2D eigenvalue weighted by molar-refractivity contribution is 0.0951. The van der Waals surface area contributed by atoms with Crippen molar-refractivity contribution in [2.45, 2.75) is 6.54 Å². The Hall–Kier alpha value is -2.86. The number of fused-ring (bicyclic) bond motifs is 1. The zero-order valence-electron chi connectivity index (χ0n) is 13.7. The molecule has 3 aromatic carbocycles. The van der Waals surface area contributed by atoms with Crippen LogP contribution in [0.1, 0.15) is 15.9 Å². The highest BCUT2D eigenvalue weighted by Gasteiger charge is 2.08. The van der Waals surface area contributed by atoms with E-state index in [1.54, 1.807) is 18.2 Å². The Morgan fingerprint density at radius 1 is 0.920 bits per heavy atom. The van der Waals surface area contributed by atoms with E-state index in [9.17, 15) is 13.2 Å². The Morgan fingerprint density at radius 3 is 2.44 bits per heavy atom. The molecule has 6 heteroatoms. The second-order valence-electron chi connectivity index (χ2n) is 5.82. The van der Waals surface area contributed by atoms with Gasteiger partial charge in [-0.15, -0.1) is 0 Å². The van der Waals surface area contributed by atoms with Crippen LogP contribution in [0, 0.1) is 0 Å². The Labute approximate surface area is 146 Å². The van der Waals surface area contributed by atoms with Crippen molar-refractivity contribution in [2.24, 2.45) is 0 Å². The van der Waals surface area contributed by atoms with E-state index in [4.69, 9.17) is 0 Å². The quantitative estimate of drug-likeness (QED) is 0.739. The van der Waals surface area contributed by atoms with Gasteiger partial charge in [0.15, 0.2) is 0 Å². The first-order valence-corrected chi connectivity index (χ1v) is 9.64. The minimum Gasteiger partial charge on any atom is -0.348 e. The maximum Gasteiger partial charge on any atom is 0.251 e. The van der Waals surface area contributed by atoms with Crippen molar-refractivity contribution in [1.82, 2.24) is 5.32 Å². The first kappa shape index (κ1) is 17.0. The zero-order chi connectivity index (χ0) is 17.9. The third-order valence-electron chi connectivity index (χ3n) is 3.69. The Kier molecular flexibility index (Phi) is 4.72. The maximum atomic E-state index is 12.3. The molecule has 0 saturated heterocycles. The molecule has 5 nitrogen and oxygen atoms in total. The van der Waals surface area contributed by atoms with Gasteiger partial charge in [0.1, 0.15) is 0 Å². The van der Waals surface area contributed by atoms with E-state index in [-0.39, 0.29) is 5.91 Å². The summed E-state index contributed by atoms with van der Waals surface area (Å²) in [5.41, 5.74) is 1.76. The molecule has 0 atom stereocenters. The number of hydrogen-bond donors (Lipinski definition) is 2. The molecule has 0 fully saturated rings. The van der Waals surface area contributed by atoms with Crippen LogP contribution >= 0.6 is 0 Å². The largest absolute Gasteiger partial charge is 0.348 e. The fourth-order valence-electron chi connectivity index (χ4n) is 2.57. The lowest BCUT2D eigenvalue weighted by atomic mass is 10.1. The zero-order valence-corrected chi connectivity index (χ0v) is 14.5. The van der Waals surface area contributed by atoms with Crippen LogP contribution < -0.4 is 10.0 Å². The molecule has 3 rings (SSSR count). The predicted molar refractivity (Wildman–Crippen MR) is 100 cm³/mol. The normalized spacial score (nSPS) is 11.2. The number of hydrogen-bond acceptors (Lipinski definition) is 3. The summed E-state index contributed by atoms with van der Waals surface area (Å²) in [7, 11) is -3.38. The standard InChI is InChI=1S/C19H18N2O3S/c1-25(23,24)21-18-8-4-7-17(12-18)19(22)20-13-14-9-10-15-5-2-3-6-16(15)11-14/h2-12,21H,13H2,1H3,(H,20,22). The average Bonchev–Trinajstić information content (AvgIpc) is 2.58. The Morgan fingerprint density at radius 2 is 1.68 bits per heavy atom. The second-order valence-corrected chi connectivity index (χ2v) is 7.57. The van der Waals surface area contributed by atoms with Crippen molar-refractivity contribution in [3.05, 3.63) is 77.9 Å². The Bertz CT molecular complexity index is 1030. The molecule has 0 aromatic heterocycles. The number of carbonyl (C=O) groups excluding carboxylic acids is 1. The highest BCUT2D eigenvalue weighted by molar-refractivity contribution is 7.92. The molecule has 128 valence electrons. The van der Waals surface area contributed by atoms with Gasteiger partial charge in [0.25, 0.3) is 5.91 Å². The summed E-state index contributed by atoms with van der Waals surface area (Å²) in [5.74, 6) is -0.259. The van der Waals surface area contributed by atoms with Gasteiger partial charge in [-0.3, -0.25) is 9.52 Å². The summed E-state index contributed by atoms with van der Waals surface area (Å²) in [5, 5.41) is 5.12. The molecule has 3 aromatic rings. The minimum atomic E-state index is -3.38. The predicted octanol–water partition coefficient (Wildman–Crippen LogP) is 3.14. The molecule has 0 bridgehead atoms. The first-order valence-electron chi connectivity index (χ1n) is 7.74. The van der Waals surface area contributed by atoms with E-state index in [1.165, 1.54) is 6.07 Å². The summed E-state index contributed by atoms with van der Waals surface area (Å²) in [6.07, 6.45) is 1.07. The van der Waals surface area contributed by atoms with Crippen LogP contribution in [-0.4, -0.2) is 20.6 Å². The summed E-state index contributed by atoms with van der Waals surface area (Å²) in [4.78, 5) is 12.3. The van der Waals surface area contributed by atoms with Gasteiger partial charge in [-0.2, -0.15) is 0 Å². The molecular weight excluding hydrogens is 336 g/mol. The van der Waals surface area contributed by atoms with Gasteiger partial charge in [-0.1, -0.05) is 42.5 Å². The van der Waals surface area contributed by atoms with Crippen LogP contribution in [0.5, 0.6) is 0 Å². The molecule has 1 amide bonds. The van der Waals surface area contributed by atoms with Gasteiger partial charge >= 0.3 is 0 Å². The van der Waals surface area contributed by atoms with E-state index in [0.717, 1.165) is 22.6 Å². The molecule has 0 spiro atoms. The van der Waals surface area contributed by atoms with E-state index in [2.05, 4.69) is 10.0 Å².